The minimum atomic E-state index is -0.260. The maximum atomic E-state index is 12.3. The number of halogens is 1. The first-order valence-electron chi connectivity index (χ1n) is 3.06. The molecule has 0 amide bonds. The lowest BCUT2D eigenvalue weighted by molar-refractivity contribution is 0.560. The van der Waals surface area contributed by atoms with Gasteiger partial charge in [-0.05, 0) is 24.3 Å². The maximum absolute atomic E-state index is 12.3. The fourth-order valence-corrected chi connectivity index (χ4v) is 1.20. The highest BCUT2D eigenvalue weighted by atomic mass is 32.2. The Hall–Kier alpha value is -0.830. The van der Waals surface area contributed by atoms with E-state index in [2.05, 4.69) is 0 Å². The van der Waals surface area contributed by atoms with E-state index in [9.17, 15) is 9.18 Å². The van der Waals surface area contributed by atoms with Crippen molar-refractivity contribution < 1.29 is 9.18 Å². The maximum Gasteiger partial charge on any atom is 0.209 e. The summed E-state index contributed by atoms with van der Waals surface area (Å²) in [4.78, 5) is 10.7. The molecule has 57 valence electrons. The van der Waals surface area contributed by atoms with Gasteiger partial charge in [0, 0.05) is 4.90 Å². The van der Waals surface area contributed by atoms with Crippen LogP contribution in [-0.4, -0.2) is 12.0 Å². The highest BCUT2D eigenvalue weighted by Crippen LogP contribution is 2.16. The highest BCUT2D eigenvalue weighted by Gasteiger charge is 1.92. The van der Waals surface area contributed by atoms with Gasteiger partial charge in [0.05, 0.1) is 5.75 Å². The Morgan fingerprint density at radius 3 is 2.55 bits per heavy atom. The molecule has 1 radical (unpaired) electrons. The molecule has 0 N–H and O–H groups in total. The zero-order valence-corrected chi connectivity index (χ0v) is 6.53. The molecule has 0 aromatic heterocycles. The fourth-order valence-electron chi connectivity index (χ4n) is 0.644. The van der Waals surface area contributed by atoms with E-state index in [1.165, 1.54) is 23.9 Å². The third kappa shape index (κ3) is 2.72. The zero-order valence-electron chi connectivity index (χ0n) is 5.71. The van der Waals surface area contributed by atoms with Crippen molar-refractivity contribution in [2.75, 3.05) is 5.75 Å². The van der Waals surface area contributed by atoms with Crippen molar-refractivity contribution in [2.45, 2.75) is 4.90 Å². The van der Waals surface area contributed by atoms with Crippen molar-refractivity contribution in [1.29, 1.82) is 0 Å². The van der Waals surface area contributed by atoms with Gasteiger partial charge in [0.2, 0.25) is 6.29 Å². The van der Waals surface area contributed by atoms with Crippen LogP contribution in [0.25, 0.3) is 0 Å². The van der Waals surface area contributed by atoms with Crippen LogP contribution in [0.1, 0.15) is 0 Å². The molecule has 0 aliphatic rings. The molecule has 1 aromatic carbocycles. The predicted molar refractivity (Wildman–Crippen MR) is 42.8 cm³/mol. The molecule has 0 aliphatic heterocycles. The van der Waals surface area contributed by atoms with Crippen LogP contribution in [0.3, 0.4) is 0 Å². The van der Waals surface area contributed by atoms with Crippen LogP contribution in [0.2, 0.25) is 0 Å². The Labute approximate surface area is 68.6 Å². The molecule has 1 aromatic rings. The van der Waals surface area contributed by atoms with E-state index < -0.39 is 0 Å². The highest BCUT2D eigenvalue weighted by molar-refractivity contribution is 7.99. The van der Waals surface area contributed by atoms with E-state index in [1.54, 1.807) is 18.4 Å². The van der Waals surface area contributed by atoms with Gasteiger partial charge >= 0.3 is 0 Å². The fraction of sp³-hybridized carbons (Fsp3) is 0.125. The van der Waals surface area contributed by atoms with Crippen LogP contribution in [0.15, 0.2) is 29.2 Å². The number of hydrogen-bond donors (Lipinski definition) is 0. The van der Waals surface area contributed by atoms with Crippen LogP contribution in [0.5, 0.6) is 0 Å². The zero-order chi connectivity index (χ0) is 8.10. The largest absolute Gasteiger partial charge is 0.290 e. The van der Waals surface area contributed by atoms with Crippen LogP contribution < -0.4 is 0 Å². The molecule has 11 heavy (non-hydrogen) atoms. The van der Waals surface area contributed by atoms with Gasteiger partial charge in [-0.2, -0.15) is 0 Å². The lowest BCUT2D eigenvalue weighted by Gasteiger charge is -1.94. The number of rotatable bonds is 3. The molecule has 0 atom stereocenters. The summed E-state index contributed by atoms with van der Waals surface area (Å²) in [6.45, 7) is 0. The molecular formula is C8H6FOS. The molecule has 0 spiro atoms. The Bertz CT molecular complexity index is 232. The number of benzene rings is 1. The number of hydrogen-bond acceptors (Lipinski definition) is 2. The first-order chi connectivity index (χ1) is 5.33. The second-order valence-electron chi connectivity index (χ2n) is 1.89. The van der Waals surface area contributed by atoms with E-state index in [-0.39, 0.29) is 5.82 Å². The van der Waals surface area contributed by atoms with Gasteiger partial charge in [-0.15, -0.1) is 11.8 Å². The quantitative estimate of drug-likeness (QED) is 0.644. The third-order valence-corrected chi connectivity index (χ3v) is 1.98. The molecule has 3 heteroatoms. The Kier molecular flexibility index (Phi) is 3.11. The molecule has 0 aliphatic carbocycles. The lowest BCUT2D eigenvalue weighted by Crippen LogP contribution is -1.79. The van der Waals surface area contributed by atoms with Gasteiger partial charge in [0.15, 0.2) is 0 Å². The predicted octanol–water partition coefficient (Wildman–Crippen LogP) is 2.03. The molecule has 0 fully saturated rings. The van der Waals surface area contributed by atoms with Crippen LogP contribution in [0.4, 0.5) is 4.39 Å². The summed E-state index contributed by atoms with van der Waals surface area (Å²) in [5, 5.41) is 0. The number of carbonyl (C=O) groups excluding carboxylic acids is 1. The Morgan fingerprint density at radius 1 is 1.36 bits per heavy atom. The van der Waals surface area contributed by atoms with Gasteiger partial charge in [-0.3, -0.25) is 4.79 Å². The second-order valence-corrected chi connectivity index (χ2v) is 2.94. The van der Waals surface area contributed by atoms with E-state index in [0.29, 0.717) is 5.75 Å². The smallest absolute Gasteiger partial charge is 0.209 e. The van der Waals surface area contributed by atoms with Crippen molar-refractivity contribution >= 4 is 18.0 Å². The Balaban J connectivity index is 2.58. The topological polar surface area (TPSA) is 17.1 Å². The molecule has 0 saturated carbocycles. The molecule has 1 nitrogen and oxygen atoms in total. The minimum absolute atomic E-state index is 0.260. The standard InChI is InChI=1S/C8H6FOS/c9-7-1-3-8(4-2-7)11-6-5-10/h1-4H,6H2. The van der Waals surface area contributed by atoms with Gasteiger partial charge in [-0.25, -0.2) is 4.39 Å². The normalized spacial score (nSPS) is 9.55. The Morgan fingerprint density at radius 2 is 2.00 bits per heavy atom. The van der Waals surface area contributed by atoms with E-state index in [4.69, 9.17) is 0 Å². The van der Waals surface area contributed by atoms with Crippen molar-refractivity contribution in [3.05, 3.63) is 30.1 Å². The molecule has 0 saturated heterocycles. The molecule has 0 unspecified atom stereocenters. The van der Waals surface area contributed by atoms with E-state index in [1.807, 2.05) is 0 Å². The summed E-state index contributed by atoms with van der Waals surface area (Å²) < 4.78 is 12.3. The molecular weight excluding hydrogens is 163 g/mol. The average Bonchev–Trinajstić information content (AvgIpc) is 2.04. The second kappa shape index (κ2) is 4.13. The SMILES string of the molecule is O=[C]CSc1ccc(F)cc1. The third-order valence-electron chi connectivity index (χ3n) is 1.11. The van der Waals surface area contributed by atoms with Crippen molar-refractivity contribution in [3.63, 3.8) is 0 Å². The van der Waals surface area contributed by atoms with Crippen molar-refractivity contribution in [2.24, 2.45) is 0 Å². The van der Waals surface area contributed by atoms with Crippen molar-refractivity contribution in [3.8, 4) is 0 Å². The molecule has 0 bridgehead atoms. The average molecular weight is 169 g/mol. The van der Waals surface area contributed by atoms with Crippen LogP contribution >= 0.6 is 11.8 Å². The lowest BCUT2D eigenvalue weighted by atomic mass is 10.4. The summed E-state index contributed by atoms with van der Waals surface area (Å²) in [6.07, 6.45) is 1.75. The summed E-state index contributed by atoms with van der Waals surface area (Å²) >= 11 is 1.34. The van der Waals surface area contributed by atoms with Crippen LogP contribution in [0, 0.1) is 5.82 Å². The van der Waals surface area contributed by atoms with Gasteiger partial charge in [-0.1, -0.05) is 0 Å². The summed E-state index contributed by atoms with van der Waals surface area (Å²) in [5.41, 5.74) is 0. The summed E-state index contributed by atoms with van der Waals surface area (Å²) in [7, 11) is 0. The molecule has 0 heterocycles. The van der Waals surface area contributed by atoms with Crippen LogP contribution in [-0.2, 0) is 4.79 Å². The first kappa shape index (κ1) is 8.27. The minimum Gasteiger partial charge on any atom is -0.290 e. The van der Waals surface area contributed by atoms with Crippen molar-refractivity contribution in [1.82, 2.24) is 0 Å². The molecule has 1 rings (SSSR count). The summed E-state index contributed by atoms with van der Waals surface area (Å²) in [6, 6.07) is 6.01. The monoisotopic (exact) mass is 169 g/mol. The van der Waals surface area contributed by atoms with Gasteiger partial charge in [0.25, 0.3) is 0 Å². The van der Waals surface area contributed by atoms with Gasteiger partial charge < -0.3 is 0 Å². The van der Waals surface area contributed by atoms with Gasteiger partial charge in [0.1, 0.15) is 5.82 Å². The summed E-state index contributed by atoms with van der Waals surface area (Å²) in [5.74, 6) is 0.0375. The number of thioether (sulfide) groups is 1. The first-order valence-corrected chi connectivity index (χ1v) is 4.05. The van der Waals surface area contributed by atoms with E-state index >= 15 is 0 Å². The van der Waals surface area contributed by atoms with E-state index in [0.717, 1.165) is 4.90 Å².